The van der Waals surface area contributed by atoms with Crippen LogP contribution in [-0.2, 0) is 0 Å². The molecule has 0 amide bonds. The normalized spacial score (nSPS) is 15.4. The molecule has 4 heteroatoms. The van der Waals surface area contributed by atoms with Crippen LogP contribution in [0, 0.1) is 13.5 Å². The lowest BCUT2D eigenvalue weighted by Crippen LogP contribution is -2.05. The first-order valence-electron chi connectivity index (χ1n) is 9.83. The summed E-state index contributed by atoms with van der Waals surface area (Å²) in [5.41, 5.74) is 3.50. The van der Waals surface area contributed by atoms with Gasteiger partial charge in [0.15, 0.2) is 0 Å². The summed E-state index contributed by atoms with van der Waals surface area (Å²) in [6.45, 7) is 8.98. The number of hydrogen-bond donors (Lipinski definition) is 0. The van der Waals surface area contributed by atoms with Crippen LogP contribution in [0.5, 0.6) is 0 Å². The molecule has 0 aromatic carbocycles. The number of pyridine rings is 1. The van der Waals surface area contributed by atoms with Gasteiger partial charge in [-0.3, -0.25) is 4.98 Å². The molecule has 1 aliphatic rings. The van der Waals surface area contributed by atoms with Gasteiger partial charge in [-0.25, -0.2) is 0 Å². The fraction of sp³-hybridized carbons (Fsp3) is 0.619. The van der Waals surface area contributed by atoms with Crippen LogP contribution in [0.2, 0.25) is 0 Å². The second kappa shape index (κ2) is 8.89. The highest BCUT2D eigenvalue weighted by Crippen LogP contribution is 2.39. The van der Waals surface area contributed by atoms with Crippen LogP contribution >= 0.6 is 0 Å². The number of aromatic nitrogens is 2. The fourth-order valence-electron chi connectivity index (χ4n) is 3.91. The quantitative estimate of drug-likeness (QED) is 0.526. The Morgan fingerprint density at radius 1 is 1.16 bits per heavy atom. The lowest BCUT2D eigenvalue weighted by atomic mass is 9.87. The summed E-state index contributed by atoms with van der Waals surface area (Å²) in [7, 11) is 0. The summed E-state index contributed by atoms with van der Waals surface area (Å²) in [6, 6.07) is 6.35. The Morgan fingerprint density at radius 3 is 2.76 bits per heavy atom. The van der Waals surface area contributed by atoms with E-state index in [4.69, 9.17) is 16.9 Å². The molecule has 2 heterocycles. The third-order valence-corrected chi connectivity index (χ3v) is 5.29. The van der Waals surface area contributed by atoms with Crippen LogP contribution in [0.15, 0.2) is 18.2 Å². The molecule has 0 spiro atoms. The van der Waals surface area contributed by atoms with Gasteiger partial charge in [-0.05, 0) is 38.1 Å². The van der Waals surface area contributed by atoms with Gasteiger partial charge in [0.25, 0.3) is 13.1 Å². The molecule has 0 radical (unpaired) electrons. The topological polar surface area (TPSA) is 35.8 Å². The van der Waals surface area contributed by atoms with Crippen molar-refractivity contribution in [2.45, 2.75) is 70.6 Å². The summed E-state index contributed by atoms with van der Waals surface area (Å²) in [5, 5.41) is 5.00. The van der Waals surface area contributed by atoms with E-state index in [1.165, 1.54) is 56.3 Å². The molecule has 0 bridgehead atoms. The van der Waals surface area contributed by atoms with Crippen LogP contribution in [0.25, 0.3) is 15.8 Å². The Hall–Kier alpha value is -2.02. The zero-order valence-corrected chi connectivity index (χ0v) is 15.5. The Bertz CT molecular complexity index is 719. The van der Waals surface area contributed by atoms with Gasteiger partial charge in [0.1, 0.15) is 0 Å². The maximum Gasteiger partial charge on any atom is 0.263 e. The highest BCUT2D eigenvalue weighted by molar-refractivity contribution is 5.60. The third kappa shape index (κ3) is 4.34. The molecule has 4 nitrogen and oxygen atoms in total. The molecule has 1 fully saturated rings. The number of imidazole rings is 1. The monoisotopic (exact) mass is 338 g/mol. The van der Waals surface area contributed by atoms with Gasteiger partial charge in [-0.15, -0.1) is 0 Å². The van der Waals surface area contributed by atoms with Gasteiger partial charge >= 0.3 is 0 Å². The maximum atomic E-state index is 5.18. The molecular formula is C21H30N4. The molecule has 2 aromatic heterocycles. The van der Waals surface area contributed by atoms with Crippen molar-refractivity contribution in [2.75, 3.05) is 13.1 Å². The van der Waals surface area contributed by atoms with E-state index in [-0.39, 0.29) is 0 Å². The van der Waals surface area contributed by atoms with Crippen LogP contribution in [0.3, 0.4) is 0 Å². The molecule has 3 rings (SSSR count). The van der Waals surface area contributed by atoms with Crippen molar-refractivity contribution in [3.05, 3.63) is 39.7 Å². The van der Waals surface area contributed by atoms with Crippen molar-refractivity contribution in [1.29, 1.82) is 0 Å². The Labute approximate surface area is 151 Å². The second-order valence-corrected chi connectivity index (χ2v) is 7.22. The SMILES string of the molecule is C#[N+]CCCCCC[N-]c1c(C2CCCCC2)nc2cccc(C)n12. The first-order valence-corrected chi connectivity index (χ1v) is 9.83. The van der Waals surface area contributed by atoms with E-state index in [9.17, 15) is 0 Å². The maximum absolute atomic E-state index is 5.18. The van der Waals surface area contributed by atoms with E-state index in [0.717, 1.165) is 37.4 Å². The minimum atomic E-state index is 0.581. The number of hydrogen-bond acceptors (Lipinski definition) is 1. The summed E-state index contributed by atoms with van der Waals surface area (Å²) in [4.78, 5) is 8.65. The fourth-order valence-corrected chi connectivity index (χ4v) is 3.91. The smallest absolute Gasteiger partial charge is 0.263 e. The average Bonchev–Trinajstić information content (AvgIpc) is 3.02. The lowest BCUT2D eigenvalue weighted by Gasteiger charge is -2.25. The van der Waals surface area contributed by atoms with Crippen molar-refractivity contribution in [3.8, 4) is 6.57 Å². The van der Waals surface area contributed by atoms with Gasteiger partial charge in [0, 0.05) is 18.0 Å². The van der Waals surface area contributed by atoms with Crippen molar-refractivity contribution < 1.29 is 0 Å². The zero-order valence-electron chi connectivity index (χ0n) is 15.5. The van der Waals surface area contributed by atoms with E-state index >= 15 is 0 Å². The summed E-state index contributed by atoms with van der Waals surface area (Å²) < 4.78 is 2.25. The molecule has 25 heavy (non-hydrogen) atoms. The molecule has 0 atom stereocenters. The average molecular weight is 338 g/mol. The number of nitrogens with zero attached hydrogens (tertiary/aromatic N) is 4. The highest BCUT2D eigenvalue weighted by Gasteiger charge is 2.19. The van der Waals surface area contributed by atoms with Crippen molar-refractivity contribution >= 4 is 11.5 Å². The van der Waals surface area contributed by atoms with Gasteiger partial charge in [0.05, 0.1) is 5.65 Å². The number of rotatable bonds is 8. The Morgan fingerprint density at radius 2 is 1.96 bits per heavy atom. The number of fused-ring (bicyclic) bond motifs is 1. The van der Waals surface area contributed by atoms with E-state index in [1.807, 2.05) is 0 Å². The Balaban J connectivity index is 1.71. The molecule has 0 N–H and O–H groups in total. The van der Waals surface area contributed by atoms with E-state index in [1.54, 1.807) is 0 Å². The van der Waals surface area contributed by atoms with Crippen molar-refractivity contribution in [3.63, 3.8) is 0 Å². The van der Waals surface area contributed by atoms with Crippen LogP contribution in [-0.4, -0.2) is 22.5 Å². The van der Waals surface area contributed by atoms with Crippen molar-refractivity contribution in [2.24, 2.45) is 0 Å². The van der Waals surface area contributed by atoms with Gasteiger partial charge < -0.3 is 9.72 Å². The van der Waals surface area contributed by atoms with E-state index in [2.05, 4.69) is 34.4 Å². The number of aryl methyl sites for hydroxylation is 1. The molecule has 0 aliphatic heterocycles. The Kier molecular flexibility index (Phi) is 6.33. The highest BCUT2D eigenvalue weighted by atomic mass is 15.1. The third-order valence-electron chi connectivity index (χ3n) is 5.29. The molecule has 1 aliphatic carbocycles. The molecule has 134 valence electrons. The van der Waals surface area contributed by atoms with Crippen LogP contribution < -0.4 is 0 Å². The lowest BCUT2D eigenvalue weighted by molar-refractivity contribution is 0.439. The first-order chi connectivity index (χ1) is 12.3. The first kappa shape index (κ1) is 17.8. The van der Waals surface area contributed by atoms with Crippen LogP contribution in [0.4, 0.5) is 5.82 Å². The predicted octanol–water partition coefficient (Wildman–Crippen LogP) is 6.22. The van der Waals surface area contributed by atoms with Gasteiger partial charge in [0.2, 0.25) is 0 Å². The summed E-state index contributed by atoms with van der Waals surface area (Å²) in [6.07, 6.45) is 11.1. The molecule has 1 saturated carbocycles. The molecule has 0 saturated heterocycles. The van der Waals surface area contributed by atoms with E-state index in [0.29, 0.717) is 5.92 Å². The van der Waals surface area contributed by atoms with Crippen LogP contribution in [0.1, 0.15) is 75.1 Å². The van der Waals surface area contributed by atoms with Gasteiger partial charge in [-0.2, -0.15) is 0 Å². The largest absolute Gasteiger partial charge is 0.464 e. The predicted molar refractivity (Wildman–Crippen MR) is 105 cm³/mol. The van der Waals surface area contributed by atoms with Crippen molar-refractivity contribution in [1.82, 2.24) is 9.38 Å². The molecule has 2 aromatic rings. The zero-order chi connectivity index (χ0) is 17.5. The number of unbranched alkanes of at least 4 members (excludes halogenated alkanes) is 3. The van der Waals surface area contributed by atoms with Gasteiger partial charge in [-0.1, -0.05) is 61.3 Å². The standard InChI is InChI=1S/C21H30N4/c1-17-11-10-14-19-24-20(18-12-6-5-7-13-18)21(25(17)19)23-16-9-4-3-8-15-22-2/h2,10-11,14,18H,3-9,12-13,15-16H2,1H3. The van der Waals surface area contributed by atoms with E-state index < -0.39 is 0 Å². The summed E-state index contributed by atoms with van der Waals surface area (Å²) >= 11 is 0. The minimum Gasteiger partial charge on any atom is -0.464 e. The second-order valence-electron chi connectivity index (χ2n) is 7.22. The summed E-state index contributed by atoms with van der Waals surface area (Å²) in [5.74, 6) is 1.69. The molecule has 0 unspecified atom stereocenters. The minimum absolute atomic E-state index is 0.581. The molecular weight excluding hydrogens is 308 g/mol.